The number of hydrogen-bond donors (Lipinski definition) is 4. The van der Waals surface area contributed by atoms with Crippen molar-refractivity contribution >= 4 is 29.5 Å². The first kappa shape index (κ1) is 24.7. The van der Waals surface area contributed by atoms with Crippen LogP contribution in [-0.4, -0.2) is 67.5 Å². The highest BCUT2D eigenvalue weighted by atomic mass is 32.2. The van der Waals surface area contributed by atoms with Crippen LogP contribution in [0.3, 0.4) is 0 Å². The predicted molar refractivity (Wildman–Crippen MR) is 122 cm³/mol. The molecule has 3 fully saturated rings. The van der Waals surface area contributed by atoms with Crippen LogP contribution in [0.25, 0.3) is 0 Å². The Kier molecular flexibility index (Phi) is 7.28. The molecular formula is C24H30O9S. The molecule has 7 unspecified atom stereocenters. The van der Waals surface area contributed by atoms with Gasteiger partial charge in [-0.1, -0.05) is 18.7 Å². The largest absolute Gasteiger partial charge is 0.499 e. The van der Waals surface area contributed by atoms with Gasteiger partial charge in [0.15, 0.2) is 6.10 Å². The molecule has 5 rings (SSSR count). The van der Waals surface area contributed by atoms with Gasteiger partial charge < -0.3 is 29.9 Å². The number of carbonyl (C=O) groups excluding carboxylic acids is 2. The lowest BCUT2D eigenvalue weighted by atomic mass is 9.89. The summed E-state index contributed by atoms with van der Waals surface area (Å²) in [5, 5.41) is 38.0. The summed E-state index contributed by atoms with van der Waals surface area (Å²) in [6, 6.07) is 0. The van der Waals surface area contributed by atoms with Crippen molar-refractivity contribution in [3.05, 3.63) is 36.5 Å². The molecule has 4 bridgehead atoms. The minimum Gasteiger partial charge on any atom is -0.499 e. The van der Waals surface area contributed by atoms with Crippen molar-refractivity contribution in [2.75, 3.05) is 6.61 Å². The number of rotatable bonds is 7. The zero-order valence-corrected chi connectivity index (χ0v) is 19.4. The SMILES string of the molecule is C=CC(=O)OC[C@H](O)[C@H]1OC(O)=C(O)C1=O.O=C(O)C1CC2CC1CC2SC1CC2C=CC1C2. The van der Waals surface area contributed by atoms with Crippen LogP contribution in [0, 0.1) is 29.6 Å². The molecule has 0 spiro atoms. The first-order valence-electron chi connectivity index (χ1n) is 11.5. The van der Waals surface area contributed by atoms with E-state index in [4.69, 9.17) is 10.2 Å². The van der Waals surface area contributed by atoms with Gasteiger partial charge in [0.25, 0.3) is 0 Å². The summed E-state index contributed by atoms with van der Waals surface area (Å²) in [7, 11) is 0. The van der Waals surface area contributed by atoms with Crippen molar-refractivity contribution in [2.24, 2.45) is 29.6 Å². The van der Waals surface area contributed by atoms with Gasteiger partial charge >= 0.3 is 17.9 Å². The van der Waals surface area contributed by atoms with E-state index < -0.39 is 48.2 Å². The van der Waals surface area contributed by atoms with Crippen molar-refractivity contribution < 1.29 is 44.3 Å². The molecule has 1 heterocycles. The average Bonchev–Trinajstić information content (AvgIpc) is 3.63. The van der Waals surface area contributed by atoms with Gasteiger partial charge in [-0.05, 0) is 55.8 Å². The summed E-state index contributed by atoms with van der Waals surface area (Å²) in [6.07, 6.45) is 8.84. The number of aliphatic hydroxyl groups excluding tert-OH is 3. The molecule has 9 atom stereocenters. The minimum absolute atomic E-state index is 0.0215. The van der Waals surface area contributed by atoms with Gasteiger partial charge in [-0.3, -0.25) is 9.59 Å². The summed E-state index contributed by atoms with van der Waals surface area (Å²) in [5.41, 5.74) is 0. The number of esters is 1. The molecule has 4 aliphatic carbocycles. The van der Waals surface area contributed by atoms with Crippen LogP contribution in [0.1, 0.15) is 32.1 Å². The highest BCUT2D eigenvalue weighted by Crippen LogP contribution is 2.56. The lowest BCUT2D eigenvalue weighted by molar-refractivity contribution is -0.147. The van der Waals surface area contributed by atoms with Crippen LogP contribution in [0.2, 0.25) is 0 Å². The molecule has 3 saturated carbocycles. The van der Waals surface area contributed by atoms with E-state index in [0.29, 0.717) is 11.8 Å². The molecule has 1 aliphatic heterocycles. The van der Waals surface area contributed by atoms with Crippen LogP contribution >= 0.6 is 11.8 Å². The Hall–Kier alpha value is -2.46. The van der Waals surface area contributed by atoms with E-state index in [-0.39, 0.29) is 5.92 Å². The Morgan fingerprint density at radius 2 is 1.91 bits per heavy atom. The van der Waals surface area contributed by atoms with Gasteiger partial charge in [0, 0.05) is 16.6 Å². The number of aliphatic hydroxyl groups is 3. The lowest BCUT2D eigenvalue weighted by Gasteiger charge is -2.29. The summed E-state index contributed by atoms with van der Waals surface area (Å²) >= 11 is 2.21. The number of Topliss-reactive ketones (excluding diaryl/α,β-unsaturated/α-hetero) is 1. The second-order valence-electron chi connectivity index (χ2n) is 9.62. The maximum absolute atomic E-state index is 11.2. The third-order valence-corrected chi connectivity index (χ3v) is 9.34. The van der Waals surface area contributed by atoms with Crippen LogP contribution in [0.4, 0.5) is 0 Å². The third kappa shape index (κ3) is 4.98. The normalized spacial score (nSPS) is 37.9. The summed E-state index contributed by atoms with van der Waals surface area (Å²) < 4.78 is 8.95. The molecule has 10 heteroatoms. The van der Waals surface area contributed by atoms with Crippen molar-refractivity contribution in [2.45, 2.75) is 54.8 Å². The molecule has 0 aromatic carbocycles. The molecule has 0 amide bonds. The third-order valence-electron chi connectivity index (χ3n) is 7.52. The monoisotopic (exact) mass is 494 g/mol. The number of carboxylic acid groups (broad SMARTS) is 1. The molecular weight excluding hydrogens is 464 g/mol. The number of ether oxygens (including phenoxy) is 2. The van der Waals surface area contributed by atoms with Gasteiger partial charge in [-0.25, -0.2) is 4.79 Å². The Balaban J connectivity index is 0.000000163. The number of hydrogen-bond acceptors (Lipinski definition) is 9. The average molecular weight is 495 g/mol. The summed E-state index contributed by atoms with van der Waals surface area (Å²) in [5.74, 6) is -1.36. The Morgan fingerprint density at radius 3 is 2.41 bits per heavy atom. The quantitative estimate of drug-likeness (QED) is 0.236. The van der Waals surface area contributed by atoms with Gasteiger partial charge in [-0.15, -0.1) is 0 Å². The number of carbonyl (C=O) groups is 3. The molecule has 9 nitrogen and oxygen atoms in total. The van der Waals surface area contributed by atoms with Crippen LogP contribution in [0.5, 0.6) is 0 Å². The van der Waals surface area contributed by atoms with E-state index in [9.17, 15) is 24.6 Å². The van der Waals surface area contributed by atoms with Gasteiger partial charge in [0.1, 0.15) is 12.7 Å². The van der Waals surface area contributed by atoms with Crippen molar-refractivity contribution in [1.29, 1.82) is 0 Å². The van der Waals surface area contributed by atoms with E-state index in [1.54, 1.807) is 0 Å². The topological polar surface area (TPSA) is 151 Å². The number of allylic oxidation sites excluding steroid dienone is 2. The maximum Gasteiger partial charge on any atom is 0.330 e. The Labute approximate surface area is 201 Å². The van der Waals surface area contributed by atoms with E-state index in [2.05, 4.69) is 40.0 Å². The molecule has 34 heavy (non-hydrogen) atoms. The Morgan fingerprint density at radius 1 is 1.15 bits per heavy atom. The second kappa shape index (κ2) is 10.0. The first-order chi connectivity index (χ1) is 16.2. The van der Waals surface area contributed by atoms with Crippen LogP contribution in [-0.2, 0) is 23.9 Å². The Bertz CT molecular complexity index is 912. The van der Waals surface area contributed by atoms with E-state index >= 15 is 0 Å². The number of aliphatic carboxylic acids is 1. The highest BCUT2D eigenvalue weighted by molar-refractivity contribution is 8.00. The molecule has 0 radical (unpaired) electrons. The zero-order chi connectivity index (χ0) is 24.6. The standard InChI is InChI=1S/C15H20O2S.C9H10O7/c16-15(17)12-6-11-5-10(12)7-14(11)18-13-4-8-1-2-9(13)3-8;1-2-5(11)15-3-4(10)8-6(12)7(13)9(14)16-8/h1-2,8-14H,3-7H2,(H,16,17);2,4,8,10,13-14H,1,3H2/t;4-,8+/m.0/s1. The van der Waals surface area contributed by atoms with Gasteiger partial charge in [0.2, 0.25) is 11.5 Å². The minimum atomic E-state index is -1.48. The van der Waals surface area contributed by atoms with E-state index in [1.165, 1.54) is 25.7 Å². The van der Waals surface area contributed by atoms with E-state index in [1.807, 2.05) is 0 Å². The molecule has 0 aromatic rings. The fourth-order valence-electron chi connectivity index (χ4n) is 5.84. The fraction of sp³-hybridized carbons (Fsp3) is 0.625. The number of thioether (sulfide) groups is 1. The molecule has 4 N–H and O–H groups in total. The zero-order valence-electron chi connectivity index (χ0n) is 18.6. The summed E-state index contributed by atoms with van der Waals surface area (Å²) in [4.78, 5) is 32.9. The smallest absolute Gasteiger partial charge is 0.330 e. The first-order valence-corrected chi connectivity index (χ1v) is 12.5. The van der Waals surface area contributed by atoms with Crippen molar-refractivity contribution in [3.8, 4) is 0 Å². The van der Waals surface area contributed by atoms with Gasteiger partial charge in [0.05, 0.1) is 5.92 Å². The van der Waals surface area contributed by atoms with E-state index in [0.717, 1.165) is 34.8 Å². The predicted octanol–water partition coefficient (Wildman–Crippen LogP) is 2.51. The molecule has 0 saturated heterocycles. The second-order valence-corrected chi connectivity index (χ2v) is 11.1. The maximum atomic E-state index is 11.2. The molecule has 5 aliphatic rings. The van der Waals surface area contributed by atoms with Crippen molar-refractivity contribution in [1.82, 2.24) is 0 Å². The lowest BCUT2D eigenvalue weighted by Crippen LogP contribution is -2.37. The molecule has 186 valence electrons. The number of carboxylic acids is 1. The van der Waals surface area contributed by atoms with Crippen LogP contribution < -0.4 is 0 Å². The number of ketones is 1. The molecule has 0 aromatic heterocycles. The van der Waals surface area contributed by atoms with Crippen molar-refractivity contribution in [3.63, 3.8) is 0 Å². The fourth-order valence-corrected chi connectivity index (χ4v) is 7.85. The number of fused-ring (bicyclic) bond motifs is 4. The highest BCUT2D eigenvalue weighted by Gasteiger charge is 2.50. The van der Waals surface area contributed by atoms with Crippen LogP contribution in [0.15, 0.2) is 36.5 Å². The van der Waals surface area contributed by atoms with Gasteiger partial charge in [-0.2, -0.15) is 11.8 Å². The summed E-state index contributed by atoms with van der Waals surface area (Å²) in [6.45, 7) is 2.62.